The molecule has 0 saturated carbocycles. The van der Waals surface area contributed by atoms with E-state index in [4.69, 9.17) is 37.9 Å². The highest BCUT2D eigenvalue weighted by Gasteiger charge is 2.50. The van der Waals surface area contributed by atoms with Crippen molar-refractivity contribution in [3.8, 4) is 0 Å². The number of hydrogen-bond acceptors (Lipinski definition) is 19. The van der Waals surface area contributed by atoms with Crippen LogP contribution in [-0.2, 0) is 72.2 Å². The van der Waals surface area contributed by atoms with Gasteiger partial charge in [0.25, 0.3) is 0 Å². The summed E-state index contributed by atoms with van der Waals surface area (Å²) in [5.41, 5.74) is 0. The molecule has 2 saturated heterocycles. The van der Waals surface area contributed by atoms with Gasteiger partial charge in [0.15, 0.2) is 12.4 Å². The molecule has 0 spiro atoms. The third-order valence-corrected chi connectivity index (χ3v) is 8.25. The zero-order valence-electron chi connectivity index (χ0n) is 23.3. The minimum Gasteiger partial charge on any atom is -0.475 e. The molecule has 46 heavy (non-hydrogen) atoms. The summed E-state index contributed by atoms with van der Waals surface area (Å²) in [5, 5.41) is 50.9. The Balaban J connectivity index is 1.82. The van der Waals surface area contributed by atoms with Crippen molar-refractivity contribution in [3.63, 3.8) is 0 Å². The normalized spacial score (nSPS) is 37.7. The Morgan fingerprint density at radius 3 is 1.98 bits per heavy atom. The summed E-state index contributed by atoms with van der Waals surface area (Å²) in [5.74, 6) is -4.63. The van der Waals surface area contributed by atoms with E-state index in [9.17, 15) is 55.0 Å². The second-order valence-electron chi connectivity index (χ2n) is 10.1. The largest absolute Gasteiger partial charge is 0.475 e. The van der Waals surface area contributed by atoms with Crippen LogP contribution in [0, 0.1) is 11.8 Å². The van der Waals surface area contributed by atoms with E-state index in [0.29, 0.717) is 6.08 Å². The number of aliphatic hydroxyl groups is 4. The Kier molecular flexibility index (Phi) is 12.8. The fourth-order valence-corrected chi connectivity index (χ4v) is 6.04. The van der Waals surface area contributed by atoms with Crippen LogP contribution >= 0.6 is 0 Å². The van der Waals surface area contributed by atoms with Crippen LogP contribution in [-0.4, -0.2) is 158 Å². The fraction of sp³-hybridized carbons (Fsp3) is 0.850. The van der Waals surface area contributed by atoms with Crippen molar-refractivity contribution in [3.05, 3.63) is 11.8 Å². The first-order chi connectivity index (χ1) is 21.1. The zero-order valence-corrected chi connectivity index (χ0v) is 25.7. The number of aliphatic carboxylic acids is 1. The molecule has 3 aliphatic rings. The van der Waals surface area contributed by atoms with Crippen molar-refractivity contribution in [1.29, 1.82) is 0 Å². The van der Waals surface area contributed by atoms with Crippen molar-refractivity contribution in [2.75, 3.05) is 26.4 Å². The maximum Gasteiger partial charge on any atom is 0.397 e. The molecule has 26 heteroatoms. The van der Waals surface area contributed by atoms with Crippen LogP contribution in [0.5, 0.6) is 0 Å². The van der Waals surface area contributed by atoms with Crippen LogP contribution in [0.2, 0.25) is 0 Å². The topological polar surface area (TPSA) is 355 Å². The Hall–Kier alpha value is -1.70. The third kappa shape index (κ3) is 10.9. The molecule has 0 bridgehead atoms. The summed E-state index contributed by atoms with van der Waals surface area (Å²) >= 11 is 0. The van der Waals surface area contributed by atoms with E-state index < -0.39 is 143 Å². The van der Waals surface area contributed by atoms with Crippen molar-refractivity contribution in [1.82, 2.24) is 0 Å². The lowest BCUT2D eigenvalue weighted by atomic mass is 9.84. The SMILES string of the molecule is CC1O[C@@H](OCC2C(CO[C@@H]3OC(C(=O)O)=CC(O)C3O)COC(COS(=O)(=O)O)[C@H]2O)C(OS(=O)(=O)O)C(O)[C@@H]1OS(=O)(=O)O. The van der Waals surface area contributed by atoms with Gasteiger partial charge in [-0.2, -0.15) is 25.3 Å². The maximum absolute atomic E-state index is 11.5. The molecular formula is C20H32O23S3. The summed E-state index contributed by atoms with van der Waals surface area (Å²) in [6.07, 6.45) is -17.7. The predicted molar refractivity (Wildman–Crippen MR) is 138 cm³/mol. The fourth-order valence-electron chi connectivity index (χ4n) is 4.70. The first kappa shape index (κ1) is 38.7. The average Bonchev–Trinajstić information content (AvgIpc) is 2.90. The third-order valence-electron chi connectivity index (χ3n) is 6.88. The second-order valence-corrected chi connectivity index (χ2v) is 13.3. The molecule has 23 nitrogen and oxygen atoms in total. The predicted octanol–water partition coefficient (Wildman–Crippen LogP) is -4.64. The number of aliphatic hydroxyl groups excluding tert-OH is 4. The number of ether oxygens (including phenoxy) is 5. The van der Waals surface area contributed by atoms with E-state index in [1.807, 2.05) is 0 Å². The molecule has 3 rings (SSSR count). The Morgan fingerprint density at radius 2 is 1.41 bits per heavy atom. The van der Waals surface area contributed by atoms with Gasteiger partial charge in [0.1, 0.15) is 30.5 Å². The number of rotatable bonds is 14. The lowest BCUT2D eigenvalue weighted by Crippen LogP contribution is -2.60. The summed E-state index contributed by atoms with van der Waals surface area (Å²) in [4.78, 5) is 11.3. The zero-order chi connectivity index (χ0) is 34.8. The lowest BCUT2D eigenvalue weighted by molar-refractivity contribution is -0.293. The maximum atomic E-state index is 11.5. The summed E-state index contributed by atoms with van der Waals surface area (Å²) in [6.45, 7) is -1.48. The Morgan fingerprint density at radius 1 is 0.826 bits per heavy atom. The van der Waals surface area contributed by atoms with E-state index >= 15 is 0 Å². The van der Waals surface area contributed by atoms with Crippen molar-refractivity contribution >= 4 is 37.2 Å². The smallest absolute Gasteiger partial charge is 0.397 e. The monoisotopic (exact) mass is 736 g/mol. The van der Waals surface area contributed by atoms with E-state index in [1.165, 1.54) is 0 Å². The first-order valence-electron chi connectivity index (χ1n) is 12.8. The molecule has 0 amide bonds. The van der Waals surface area contributed by atoms with Crippen LogP contribution in [0.15, 0.2) is 11.8 Å². The highest BCUT2D eigenvalue weighted by molar-refractivity contribution is 7.81. The molecule has 0 aromatic heterocycles. The number of hydrogen-bond donors (Lipinski definition) is 8. The van der Waals surface area contributed by atoms with Gasteiger partial charge in [0, 0.05) is 11.8 Å². The molecule has 3 heterocycles. The van der Waals surface area contributed by atoms with Gasteiger partial charge in [-0.15, -0.1) is 0 Å². The van der Waals surface area contributed by atoms with Crippen molar-refractivity contribution < 1.29 is 105 Å². The van der Waals surface area contributed by atoms with E-state index in [-0.39, 0.29) is 0 Å². The quantitative estimate of drug-likeness (QED) is 0.0777. The molecule has 0 aromatic rings. The number of carbonyl (C=O) groups is 1. The minimum absolute atomic E-state index is 0.405. The molecule has 8 N–H and O–H groups in total. The number of carboxylic acid groups (broad SMARTS) is 1. The van der Waals surface area contributed by atoms with E-state index in [1.54, 1.807) is 0 Å². The van der Waals surface area contributed by atoms with Gasteiger partial charge in [-0.1, -0.05) is 0 Å². The van der Waals surface area contributed by atoms with Gasteiger partial charge < -0.3 is 49.2 Å². The molecule has 8 unspecified atom stereocenters. The highest BCUT2D eigenvalue weighted by atomic mass is 32.3. The van der Waals surface area contributed by atoms with Gasteiger partial charge in [-0.05, 0) is 13.0 Å². The lowest BCUT2D eigenvalue weighted by Gasteiger charge is -2.44. The van der Waals surface area contributed by atoms with Crippen molar-refractivity contribution in [2.45, 2.75) is 68.3 Å². The van der Waals surface area contributed by atoms with Crippen LogP contribution in [0.25, 0.3) is 0 Å². The van der Waals surface area contributed by atoms with Crippen LogP contribution in [0.3, 0.4) is 0 Å². The molecule has 0 radical (unpaired) electrons. The Bertz CT molecular complexity index is 1410. The molecule has 2 fully saturated rings. The van der Waals surface area contributed by atoms with Crippen LogP contribution in [0.1, 0.15) is 6.92 Å². The Labute approximate surface area is 261 Å². The molecular weight excluding hydrogens is 704 g/mol. The first-order valence-corrected chi connectivity index (χ1v) is 16.9. The molecule has 268 valence electrons. The summed E-state index contributed by atoms with van der Waals surface area (Å²) in [6, 6.07) is 0. The second kappa shape index (κ2) is 15.2. The molecule has 12 atom stereocenters. The van der Waals surface area contributed by atoms with Crippen molar-refractivity contribution in [2.24, 2.45) is 11.8 Å². The standard InChI is InChI=1S/C20H32O23S3/c1-7-16(42-45(30,31)32)15(24)17(43-46(33,34)35)20(40-7)38-5-9-8(3-36-12(13(9)22)6-39-44(27,28)29)4-37-19-14(23)10(21)2-11(41-19)18(25)26/h2,7-10,12-17,19-24H,3-6H2,1H3,(H,25,26)(H,27,28,29)(H,30,31,32)(H,33,34,35)/t7?,8?,9?,10?,12?,13-,14?,15?,16+,17?,19+,20+/m0/s1. The van der Waals surface area contributed by atoms with Crippen LogP contribution in [0.4, 0.5) is 0 Å². The van der Waals surface area contributed by atoms with Gasteiger partial charge in [0.2, 0.25) is 12.0 Å². The average molecular weight is 737 g/mol. The number of carboxylic acids is 1. The van der Waals surface area contributed by atoms with Gasteiger partial charge in [0.05, 0.1) is 38.6 Å². The summed E-state index contributed by atoms with van der Waals surface area (Å²) in [7, 11) is -15.6. The van der Waals surface area contributed by atoms with E-state index in [2.05, 4.69) is 12.5 Å². The van der Waals surface area contributed by atoms with Gasteiger partial charge >= 0.3 is 37.2 Å². The van der Waals surface area contributed by atoms with Gasteiger partial charge in [-0.3, -0.25) is 13.7 Å². The highest BCUT2D eigenvalue weighted by Crippen LogP contribution is 2.33. The van der Waals surface area contributed by atoms with Crippen LogP contribution < -0.4 is 0 Å². The van der Waals surface area contributed by atoms with Gasteiger partial charge in [-0.25, -0.2) is 17.3 Å². The summed E-state index contributed by atoms with van der Waals surface area (Å²) < 4.78 is 134. The molecule has 3 aliphatic heterocycles. The van der Waals surface area contributed by atoms with E-state index in [0.717, 1.165) is 6.92 Å². The molecule has 0 aliphatic carbocycles. The minimum atomic E-state index is -5.39. The molecule has 0 aromatic carbocycles.